The van der Waals surface area contributed by atoms with Gasteiger partial charge in [0.25, 0.3) is 0 Å². The summed E-state index contributed by atoms with van der Waals surface area (Å²) in [6.07, 6.45) is 12.2. The number of pyridine rings is 1. The number of allylic oxidation sites excluding steroid dienone is 4. The molecule has 0 bridgehead atoms. The molecule has 0 aliphatic heterocycles. The van der Waals surface area contributed by atoms with Crippen LogP contribution in [0.2, 0.25) is 0 Å². The molecule has 0 unspecified atom stereocenters. The molecule has 144 valence electrons. The zero-order valence-corrected chi connectivity index (χ0v) is 15.8. The fourth-order valence-electron chi connectivity index (χ4n) is 3.43. The molecular weight excluding hydrogens is 365 g/mol. The van der Waals surface area contributed by atoms with Crippen molar-refractivity contribution in [1.29, 1.82) is 0 Å². The molecule has 2 aromatic carbocycles. The number of hydrogen-bond donors (Lipinski definition) is 1. The molecule has 1 heterocycles. The lowest BCUT2D eigenvalue weighted by molar-refractivity contribution is -0.131. The van der Waals surface area contributed by atoms with Crippen LogP contribution in [0.1, 0.15) is 30.0 Å². The van der Waals surface area contributed by atoms with Crippen molar-refractivity contribution in [2.75, 3.05) is 0 Å². The van der Waals surface area contributed by atoms with Gasteiger partial charge in [-0.15, -0.1) is 0 Å². The first-order valence-corrected chi connectivity index (χ1v) is 9.56. The van der Waals surface area contributed by atoms with Gasteiger partial charge in [0, 0.05) is 28.5 Å². The first-order chi connectivity index (χ1) is 14.1. The summed E-state index contributed by atoms with van der Waals surface area (Å²) >= 11 is 0. The van der Waals surface area contributed by atoms with Crippen LogP contribution in [0.4, 0.5) is 4.39 Å². The van der Waals surface area contributed by atoms with Gasteiger partial charge in [-0.2, -0.15) is 0 Å². The Hall–Kier alpha value is -3.53. The molecule has 0 atom stereocenters. The molecule has 0 spiro atoms. The Balaban J connectivity index is 1.86. The zero-order valence-electron chi connectivity index (χ0n) is 15.8. The number of carboxylic acid groups (broad SMARTS) is 1. The highest BCUT2D eigenvalue weighted by Gasteiger charge is 2.29. The van der Waals surface area contributed by atoms with Gasteiger partial charge in [-0.25, -0.2) is 9.18 Å². The van der Waals surface area contributed by atoms with Gasteiger partial charge in [-0.1, -0.05) is 60.7 Å². The number of aliphatic carboxylic acids is 1. The van der Waals surface area contributed by atoms with Gasteiger partial charge in [0.15, 0.2) is 0 Å². The van der Waals surface area contributed by atoms with Gasteiger partial charge in [0.2, 0.25) is 0 Å². The largest absolute Gasteiger partial charge is 0.478 e. The van der Waals surface area contributed by atoms with E-state index in [9.17, 15) is 9.18 Å². The minimum Gasteiger partial charge on any atom is -0.478 e. The summed E-state index contributed by atoms with van der Waals surface area (Å²) in [5, 5.41) is 9.69. The summed E-state index contributed by atoms with van der Waals surface area (Å²) in [7, 11) is 0. The number of aromatic nitrogens is 1. The molecule has 3 nitrogen and oxygen atoms in total. The maximum atomic E-state index is 13.5. The average Bonchev–Trinajstić information content (AvgIpc) is 3.55. The van der Waals surface area contributed by atoms with E-state index in [4.69, 9.17) is 10.1 Å². The van der Waals surface area contributed by atoms with Gasteiger partial charge < -0.3 is 5.11 Å². The molecule has 29 heavy (non-hydrogen) atoms. The molecule has 4 rings (SSSR count). The van der Waals surface area contributed by atoms with Crippen LogP contribution in [-0.4, -0.2) is 16.1 Å². The number of halogens is 1. The second-order valence-electron chi connectivity index (χ2n) is 7.03. The van der Waals surface area contributed by atoms with E-state index in [0.717, 1.165) is 52.2 Å². The molecule has 1 saturated carbocycles. The quantitative estimate of drug-likeness (QED) is 0.410. The molecular formula is C25H20FNO2. The fourth-order valence-corrected chi connectivity index (χ4v) is 3.43. The molecule has 1 aliphatic rings. The van der Waals surface area contributed by atoms with Crippen LogP contribution in [0.25, 0.3) is 28.1 Å². The highest BCUT2D eigenvalue weighted by Crippen LogP contribution is 2.45. The SMILES string of the molecule is O=C(O)/C=C/C=C/C=C/c1c(C2CC2)nc2ccccc2c1-c1ccc(F)cc1. The third-order valence-electron chi connectivity index (χ3n) is 4.89. The second-order valence-corrected chi connectivity index (χ2v) is 7.03. The van der Waals surface area contributed by atoms with Crippen molar-refractivity contribution >= 4 is 22.9 Å². The monoisotopic (exact) mass is 385 g/mol. The highest BCUT2D eigenvalue weighted by atomic mass is 19.1. The van der Waals surface area contributed by atoms with Crippen molar-refractivity contribution in [2.24, 2.45) is 0 Å². The summed E-state index contributed by atoms with van der Waals surface area (Å²) in [5.41, 5.74) is 5.02. The molecule has 1 aromatic heterocycles. The molecule has 1 N–H and O–H groups in total. The maximum absolute atomic E-state index is 13.5. The Bertz CT molecular complexity index is 1140. The van der Waals surface area contributed by atoms with Crippen molar-refractivity contribution in [3.8, 4) is 11.1 Å². The van der Waals surface area contributed by atoms with Crippen molar-refractivity contribution in [3.05, 3.63) is 96.0 Å². The molecule has 3 aromatic rings. The van der Waals surface area contributed by atoms with E-state index >= 15 is 0 Å². The molecule has 1 fully saturated rings. The number of benzene rings is 2. The van der Waals surface area contributed by atoms with Crippen molar-refractivity contribution in [1.82, 2.24) is 4.98 Å². The number of para-hydroxylation sites is 1. The van der Waals surface area contributed by atoms with E-state index in [1.54, 1.807) is 24.3 Å². The van der Waals surface area contributed by atoms with Gasteiger partial charge in [-0.3, -0.25) is 4.98 Å². The van der Waals surface area contributed by atoms with Gasteiger partial charge in [0.1, 0.15) is 5.82 Å². The zero-order chi connectivity index (χ0) is 20.2. The molecule has 0 amide bonds. The first kappa shape index (κ1) is 18.8. The number of fused-ring (bicyclic) bond motifs is 1. The standard InChI is InChI=1S/C25H20FNO2/c26-19-15-13-17(14-16-19)24-20-7-5-6-9-22(20)27-25(18-11-12-18)21(24)8-3-1-2-4-10-23(28)29/h1-10,13-16,18H,11-12H2,(H,28,29)/b2-1+,8-3+,10-4+. The van der Waals surface area contributed by atoms with Crippen LogP contribution < -0.4 is 0 Å². The average molecular weight is 385 g/mol. The van der Waals surface area contributed by atoms with Crippen molar-refractivity contribution in [3.63, 3.8) is 0 Å². The normalized spacial score (nSPS) is 14.5. The maximum Gasteiger partial charge on any atom is 0.328 e. The molecule has 4 heteroatoms. The van der Waals surface area contributed by atoms with Crippen LogP contribution in [0.5, 0.6) is 0 Å². The van der Waals surface area contributed by atoms with E-state index in [2.05, 4.69) is 0 Å². The van der Waals surface area contributed by atoms with Crippen LogP contribution in [-0.2, 0) is 4.79 Å². The summed E-state index contributed by atoms with van der Waals surface area (Å²) in [6.45, 7) is 0. The lowest BCUT2D eigenvalue weighted by Crippen LogP contribution is -1.98. The third-order valence-corrected chi connectivity index (χ3v) is 4.89. The van der Waals surface area contributed by atoms with Gasteiger partial charge >= 0.3 is 5.97 Å². The minimum atomic E-state index is -0.980. The van der Waals surface area contributed by atoms with E-state index in [1.807, 2.05) is 36.4 Å². The fraction of sp³-hybridized carbons (Fsp3) is 0.120. The number of hydrogen-bond acceptors (Lipinski definition) is 2. The summed E-state index contributed by atoms with van der Waals surface area (Å²) in [6, 6.07) is 14.6. The number of carbonyl (C=O) groups is 1. The van der Waals surface area contributed by atoms with Gasteiger partial charge in [0.05, 0.1) is 11.2 Å². The van der Waals surface area contributed by atoms with Crippen LogP contribution in [0.15, 0.2) is 78.9 Å². The van der Waals surface area contributed by atoms with Crippen molar-refractivity contribution in [2.45, 2.75) is 18.8 Å². The third kappa shape index (κ3) is 4.32. The number of rotatable bonds is 6. The Morgan fingerprint density at radius 2 is 1.72 bits per heavy atom. The predicted molar refractivity (Wildman–Crippen MR) is 114 cm³/mol. The number of nitrogens with zero attached hydrogens (tertiary/aromatic N) is 1. The Morgan fingerprint density at radius 1 is 1.00 bits per heavy atom. The van der Waals surface area contributed by atoms with E-state index in [-0.39, 0.29) is 5.82 Å². The summed E-state index contributed by atoms with van der Waals surface area (Å²) in [5.74, 6) is -0.805. The highest BCUT2D eigenvalue weighted by molar-refractivity contribution is 5.99. The predicted octanol–water partition coefficient (Wildman–Crippen LogP) is 6.13. The first-order valence-electron chi connectivity index (χ1n) is 9.56. The molecule has 0 radical (unpaired) electrons. The smallest absolute Gasteiger partial charge is 0.328 e. The van der Waals surface area contributed by atoms with Crippen LogP contribution in [0, 0.1) is 5.82 Å². The summed E-state index contributed by atoms with van der Waals surface area (Å²) < 4.78 is 13.5. The lowest BCUT2D eigenvalue weighted by Gasteiger charge is -2.15. The molecule has 1 aliphatic carbocycles. The second kappa shape index (κ2) is 8.23. The Labute approximate surface area is 168 Å². The van der Waals surface area contributed by atoms with E-state index in [1.165, 1.54) is 18.2 Å². The topological polar surface area (TPSA) is 50.2 Å². The van der Waals surface area contributed by atoms with Crippen LogP contribution >= 0.6 is 0 Å². The van der Waals surface area contributed by atoms with Crippen molar-refractivity contribution < 1.29 is 14.3 Å². The molecule has 0 saturated heterocycles. The van der Waals surface area contributed by atoms with E-state index < -0.39 is 5.97 Å². The van der Waals surface area contributed by atoms with Gasteiger partial charge in [-0.05, 0) is 36.6 Å². The van der Waals surface area contributed by atoms with E-state index in [0.29, 0.717) is 5.92 Å². The summed E-state index contributed by atoms with van der Waals surface area (Å²) in [4.78, 5) is 15.5. The van der Waals surface area contributed by atoms with Crippen LogP contribution in [0.3, 0.4) is 0 Å². The minimum absolute atomic E-state index is 0.264. The Morgan fingerprint density at radius 3 is 2.45 bits per heavy atom. The Kier molecular flexibility index (Phi) is 5.34. The lowest BCUT2D eigenvalue weighted by atomic mass is 9.92. The number of carboxylic acids is 1.